The van der Waals surface area contributed by atoms with Gasteiger partial charge in [-0.25, -0.2) is 9.59 Å². The third-order valence-electron chi connectivity index (χ3n) is 3.33. The van der Waals surface area contributed by atoms with Crippen LogP contribution < -0.4 is 0 Å². The number of amides is 3. The fraction of sp³-hybridized carbons (Fsp3) is 0.786. The normalized spacial score (nSPS) is 11.0. The molecule has 7 nitrogen and oxygen atoms in total. The van der Waals surface area contributed by atoms with Crippen LogP contribution in [0.3, 0.4) is 0 Å². The molecule has 0 radical (unpaired) electrons. The standard InChI is InChI=1S/C14H27N3O4/c1-7-9-16(10-11(18)15(5)6)13(21)17(8-2)14(3,4)12(19)20/h7-10H2,1-6H3,(H,19,20). The van der Waals surface area contributed by atoms with Crippen molar-refractivity contribution in [2.45, 2.75) is 39.7 Å². The third kappa shape index (κ3) is 4.91. The summed E-state index contributed by atoms with van der Waals surface area (Å²) in [6, 6.07) is -0.429. The first-order valence-corrected chi connectivity index (χ1v) is 7.09. The van der Waals surface area contributed by atoms with E-state index in [0.29, 0.717) is 13.0 Å². The van der Waals surface area contributed by atoms with E-state index in [9.17, 15) is 19.5 Å². The zero-order valence-corrected chi connectivity index (χ0v) is 13.8. The van der Waals surface area contributed by atoms with E-state index in [-0.39, 0.29) is 19.0 Å². The molecule has 0 aromatic heterocycles. The first-order valence-electron chi connectivity index (χ1n) is 7.09. The van der Waals surface area contributed by atoms with Gasteiger partial charge in [-0.1, -0.05) is 6.92 Å². The molecule has 0 bridgehead atoms. The molecule has 0 saturated heterocycles. The van der Waals surface area contributed by atoms with Crippen molar-refractivity contribution in [3.8, 4) is 0 Å². The number of rotatable bonds is 7. The molecule has 0 saturated carbocycles. The van der Waals surface area contributed by atoms with Crippen LogP contribution in [-0.2, 0) is 9.59 Å². The Balaban J connectivity index is 5.26. The Bertz CT molecular complexity index is 394. The number of carboxylic acids is 1. The van der Waals surface area contributed by atoms with Crippen LogP contribution in [0.15, 0.2) is 0 Å². The number of likely N-dealkylation sites (N-methyl/N-ethyl adjacent to an activating group) is 2. The highest BCUT2D eigenvalue weighted by molar-refractivity contribution is 5.88. The largest absolute Gasteiger partial charge is 0.480 e. The van der Waals surface area contributed by atoms with Crippen molar-refractivity contribution in [3.63, 3.8) is 0 Å². The molecule has 0 aliphatic carbocycles. The highest BCUT2D eigenvalue weighted by atomic mass is 16.4. The third-order valence-corrected chi connectivity index (χ3v) is 3.33. The first kappa shape index (κ1) is 19.2. The van der Waals surface area contributed by atoms with E-state index in [2.05, 4.69) is 0 Å². The van der Waals surface area contributed by atoms with E-state index in [1.165, 1.54) is 28.5 Å². The fourth-order valence-corrected chi connectivity index (χ4v) is 1.87. The van der Waals surface area contributed by atoms with Gasteiger partial charge in [0.15, 0.2) is 0 Å². The molecule has 0 aliphatic rings. The summed E-state index contributed by atoms with van der Waals surface area (Å²) in [6.45, 7) is 7.20. The Morgan fingerprint density at radius 3 is 1.95 bits per heavy atom. The molecular weight excluding hydrogens is 274 g/mol. The quantitative estimate of drug-likeness (QED) is 0.763. The summed E-state index contributed by atoms with van der Waals surface area (Å²) >= 11 is 0. The maximum absolute atomic E-state index is 12.6. The van der Waals surface area contributed by atoms with Crippen molar-refractivity contribution in [2.75, 3.05) is 33.7 Å². The van der Waals surface area contributed by atoms with Crippen molar-refractivity contribution < 1.29 is 19.5 Å². The summed E-state index contributed by atoms with van der Waals surface area (Å²) in [5, 5.41) is 9.29. The number of aliphatic carboxylic acids is 1. The molecule has 0 unspecified atom stereocenters. The lowest BCUT2D eigenvalue weighted by Crippen LogP contribution is -2.58. The van der Waals surface area contributed by atoms with Crippen molar-refractivity contribution in [1.29, 1.82) is 0 Å². The molecule has 1 N–H and O–H groups in total. The average molecular weight is 301 g/mol. The summed E-state index contributed by atoms with van der Waals surface area (Å²) in [6.07, 6.45) is 0.692. The lowest BCUT2D eigenvalue weighted by molar-refractivity contribution is -0.147. The van der Waals surface area contributed by atoms with Gasteiger partial charge in [-0.15, -0.1) is 0 Å². The molecule has 0 atom stereocenters. The number of carboxylic acid groups (broad SMARTS) is 1. The molecule has 0 spiro atoms. The Morgan fingerprint density at radius 2 is 1.62 bits per heavy atom. The molecule has 0 heterocycles. The van der Waals surface area contributed by atoms with Gasteiger partial charge < -0.3 is 19.8 Å². The highest BCUT2D eigenvalue weighted by Crippen LogP contribution is 2.17. The SMILES string of the molecule is CCCN(CC(=O)N(C)C)C(=O)N(CC)C(C)(C)C(=O)O. The Hall–Kier alpha value is -1.79. The zero-order chi connectivity index (χ0) is 16.8. The Morgan fingerprint density at radius 1 is 1.10 bits per heavy atom. The maximum Gasteiger partial charge on any atom is 0.329 e. The van der Waals surface area contributed by atoms with Crippen LogP contribution in [0.25, 0.3) is 0 Å². The van der Waals surface area contributed by atoms with Crippen molar-refractivity contribution in [2.24, 2.45) is 0 Å². The van der Waals surface area contributed by atoms with Gasteiger partial charge in [0.2, 0.25) is 5.91 Å². The van der Waals surface area contributed by atoms with Crippen LogP contribution in [-0.4, -0.2) is 77.0 Å². The first-order chi connectivity index (χ1) is 9.59. The van der Waals surface area contributed by atoms with Crippen molar-refractivity contribution >= 4 is 17.9 Å². The van der Waals surface area contributed by atoms with Gasteiger partial charge in [0, 0.05) is 27.2 Å². The minimum atomic E-state index is -1.32. The van der Waals surface area contributed by atoms with E-state index in [0.717, 1.165) is 0 Å². The molecule has 0 rings (SSSR count). The molecule has 0 aromatic carbocycles. The fourth-order valence-electron chi connectivity index (χ4n) is 1.87. The Kier molecular flexibility index (Phi) is 7.18. The Labute approximate surface area is 126 Å². The van der Waals surface area contributed by atoms with Gasteiger partial charge in [-0.3, -0.25) is 4.79 Å². The second-order valence-corrected chi connectivity index (χ2v) is 5.60. The van der Waals surface area contributed by atoms with Crippen molar-refractivity contribution in [3.05, 3.63) is 0 Å². The van der Waals surface area contributed by atoms with Crippen molar-refractivity contribution in [1.82, 2.24) is 14.7 Å². The molecule has 0 aliphatic heterocycles. The van der Waals surface area contributed by atoms with E-state index in [1.54, 1.807) is 21.0 Å². The number of hydrogen-bond donors (Lipinski definition) is 1. The van der Waals surface area contributed by atoms with Crippen LogP contribution in [0.1, 0.15) is 34.1 Å². The number of carbonyl (C=O) groups is 3. The maximum atomic E-state index is 12.6. The van der Waals surface area contributed by atoms with Gasteiger partial charge in [0.25, 0.3) is 0 Å². The topological polar surface area (TPSA) is 81.2 Å². The molecule has 0 fully saturated rings. The number of hydrogen-bond acceptors (Lipinski definition) is 3. The molecule has 21 heavy (non-hydrogen) atoms. The predicted octanol–water partition coefficient (Wildman–Crippen LogP) is 1.09. The molecule has 122 valence electrons. The lowest BCUT2D eigenvalue weighted by Gasteiger charge is -2.38. The summed E-state index contributed by atoms with van der Waals surface area (Å²) in [5.74, 6) is -1.27. The minimum absolute atomic E-state index is 0.0497. The molecule has 7 heteroatoms. The zero-order valence-electron chi connectivity index (χ0n) is 13.8. The van der Waals surface area contributed by atoms with Gasteiger partial charge in [-0.05, 0) is 27.2 Å². The predicted molar refractivity (Wildman–Crippen MR) is 80.0 cm³/mol. The van der Waals surface area contributed by atoms with Gasteiger partial charge >= 0.3 is 12.0 Å². The molecular formula is C14H27N3O4. The summed E-state index contributed by atoms with van der Waals surface area (Å²) < 4.78 is 0. The van der Waals surface area contributed by atoms with E-state index in [4.69, 9.17) is 0 Å². The van der Waals surface area contributed by atoms with Crippen LogP contribution in [0.2, 0.25) is 0 Å². The number of carbonyl (C=O) groups excluding carboxylic acids is 2. The minimum Gasteiger partial charge on any atom is -0.480 e. The lowest BCUT2D eigenvalue weighted by atomic mass is 10.0. The van der Waals surface area contributed by atoms with Crippen LogP contribution in [0.5, 0.6) is 0 Å². The molecule has 0 aromatic rings. The highest BCUT2D eigenvalue weighted by Gasteiger charge is 2.39. The number of nitrogens with zero attached hydrogens (tertiary/aromatic N) is 3. The smallest absolute Gasteiger partial charge is 0.329 e. The van der Waals surface area contributed by atoms with E-state index < -0.39 is 17.5 Å². The summed E-state index contributed by atoms with van der Waals surface area (Å²) in [7, 11) is 3.24. The van der Waals surface area contributed by atoms with E-state index >= 15 is 0 Å². The average Bonchev–Trinajstić information content (AvgIpc) is 2.37. The van der Waals surface area contributed by atoms with Crippen LogP contribution in [0, 0.1) is 0 Å². The summed E-state index contributed by atoms with van der Waals surface area (Å²) in [5.41, 5.74) is -1.32. The summed E-state index contributed by atoms with van der Waals surface area (Å²) in [4.78, 5) is 39.8. The second-order valence-electron chi connectivity index (χ2n) is 5.60. The number of urea groups is 1. The van der Waals surface area contributed by atoms with Crippen LogP contribution in [0.4, 0.5) is 4.79 Å². The molecule has 3 amide bonds. The van der Waals surface area contributed by atoms with Gasteiger partial charge in [-0.2, -0.15) is 0 Å². The van der Waals surface area contributed by atoms with Gasteiger partial charge in [0.1, 0.15) is 12.1 Å². The van der Waals surface area contributed by atoms with E-state index in [1.807, 2.05) is 6.92 Å². The monoisotopic (exact) mass is 301 g/mol. The van der Waals surface area contributed by atoms with Gasteiger partial charge in [0.05, 0.1) is 0 Å². The van der Waals surface area contributed by atoms with Crippen LogP contribution >= 0.6 is 0 Å². The second kappa shape index (κ2) is 7.85.